The van der Waals surface area contributed by atoms with Crippen molar-refractivity contribution in [3.05, 3.63) is 58.7 Å². The first-order valence-corrected chi connectivity index (χ1v) is 26.8. The van der Waals surface area contributed by atoms with Gasteiger partial charge in [0.25, 0.3) is 0 Å². The third-order valence-corrected chi connectivity index (χ3v) is 11.9. The molecule has 450 valence electrons. The first-order chi connectivity index (χ1) is 36.1. The van der Waals surface area contributed by atoms with Crippen molar-refractivity contribution in [3.8, 4) is 0 Å². The van der Waals surface area contributed by atoms with E-state index >= 15 is 0 Å². The van der Waals surface area contributed by atoms with Crippen LogP contribution in [0.15, 0.2) is 46.4 Å². The molecule has 0 heterocycles. The summed E-state index contributed by atoms with van der Waals surface area (Å²) in [7, 11) is 0. The van der Waals surface area contributed by atoms with Gasteiger partial charge in [0.2, 0.25) is 0 Å². The second kappa shape index (κ2) is 31.8. The summed E-state index contributed by atoms with van der Waals surface area (Å²) in [6.45, 7) is 20.6. The summed E-state index contributed by atoms with van der Waals surface area (Å²) < 4.78 is 165. The van der Waals surface area contributed by atoms with Crippen LogP contribution in [-0.4, -0.2) is 99.7 Å². The van der Waals surface area contributed by atoms with Crippen LogP contribution >= 0.6 is 36.2 Å². The van der Waals surface area contributed by atoms with Crippen LogP contribution in [-0.2, 0) is 34.2 Å². The smallest absolute Gasteiger partial charge is 0.436 e. The van der Waals surface area contributed by atoms with Crippen molar-refractivity contribution in [2.24, 2.45) is 27.2 Å². The van der Waals surface area contributed by atoms with Crippen molar-refractivity contribution in [3.63, 3.8) is 0 Å². The number of carbonyl (C=O) groups excluding carboxylic acids is 2. The van der Waals surface area contributed by atoms with E-state index in [2.05, 4.69) is 62.2 Å². The van der Waals surface area contributed by atoms with Crippen LogP contribution in [0.4, 0.5) is 73.6 Å². The summed E-state index contributed by atoms with van der Waals surface area (Å²) in [5, 5.41) is 12.9. The molecule has 2 aliphatic carbocycles. The molecular formula is C49H73F12N11O4S3. The zero-order valence-electron chi connectivity index (χ0n) is 45.5. The molecular weight excluding hydrogens is 1130 g/mol. The number of nitrogens with zero attached hydrogens (tertiary/aromatic N) is 3. The maximum absolute atomic E-state index is 12.9. The lowest BCUT2D eigenvalue weighted by Gasteiger charge is -2.30. The third-order valence-electron chi connectivity index (χ3n) is 10.9. The fraction of sp³-hybridized carbons (Fsp3) is 0.633. The SMILES string of the molecule is CCN(CC)CC.CSC(=NC(=O)OC(C)(C)C)NC(=O)OC(C)(C)C.NC(N)=N[C@@H]1CCCC[C@H]1NC(=S)Nc1cc(C(F)(F)F)cc(C(F)(F)F)c1.N[C@@H]1CCCC[C@H]1NC(=S)Nc1cc(C(F)(F)F)cc(C(F)(F)F)c1. The number of hydrogen-bond acceptors (Lipinski definition) is 10. The van der Waals surface area contributed by atoms with Gasteiger partial charge >= 0.3 is 36.9 Å². The summed E-state index contributed by atoms with van der Waals surface area (Å²) in [5.41, 5.74) is 9.02. The van der Waals surface area contributed by atoms with Gasteiger partial charge in [-0.05, 0) is 154 Å². The number of aliphatic imine (C=N–C) groups is 2. The molecule has 15 nitrogen and oxygen atoms in total. The Labute approximate surface area is 468 Å². The van der Waals surface area contributed by atoms with Crippen LogP contribution in [0.5, 0.6) is 0 Å². The Kier molecular flexibility index (Phi) is 29.0. The van der Waals surface area contributed by atoms with Gasteiger partial charge in [-0.2, -0.15) is 57.7 Å². The number of thiocarbonyl (C=S) groups is 2. The Morgan fingerprint density at radius 2 is 0.987 bits per heavy atom. The number of rotatable bonds is 8. The predicted molar refractivity (Wildman–Crippen MR) is 294 cm³/mol. The molecule has 0 radical (unpaired) electrons. The number of alkyl halides is 12. The van der Waals surface area contributed by atoms with Gasteiger partial charge < -0.3 is 52.8 Å². The Morgan fingerprint density at radius 3 is 1.32 bits per heavy atom. The van der Waals surface area contributed by atoms with Gasteiger partial charge in [0.05, 0.1) is 34.3 Å². The Balaban J connectivity index is 0.000000566. The molecule has 11 N–H and O–H groups in total. The molecule has 4 rings (SSSR count). The maximum Gasteiger partial charge on any atom is 0.436 e. The highest BCUT2D eigenvalue weighted by atomic mass is 32.2. The number of halogens is 12. The van der Waals surface area contributed by atoms with Gasteiger partial charge in [-0.3, -0.25) is 5.32 Å². The lowest BCUT2D eigenvalue weighted by atomic mass is 9.91. The van der Waals surface area contributed by atoms with E-state index in [1.807, 2.05) is 0 Å². The van der Waals surface area contributed by atoms with E-state index in [4.69, 9.17) is 51.1 Å². The molecule has 0 aromatic heterocycles. The zero-order chi connectivity index (χ0) is 60.9. The van der Waals surface area contributed by atoms with Gasteiger partial charge in [-0.25, -0.2) is 14.6 Å². The number of benzene rings is 2. The highest BCUT2D eigenvalue weighted by Crippen LogP contribution is 2.39. The minimum atomic E-state index is -4.94. The minimum Gasteiger partial charge on any atom is -0.444 e. The normalized spacial score (nSPS) is 18.1. The molecule has 2 aromatic carbocycles. The van der Waals surface area contributed by atoms with E-state index in [0.29, 0.717) is 37.1 Å². The number of thioether (sulfide) groups is 1. The summed E-state index contributed by atoms with van der Waals surface area (Å²) in [6.07, 6.45) is -12.9. The number of nitrogens with two attached hydrogens (primary N) is 3. The molecule has 30 heteroatoms. The standard InChI is InChI=1S/C16H19F6N5S.C15H17F6N3S.C12H22N2O4S.C6H15N/c17-15(18,19)8-5-9(16(20,21)22)7-10(6-8)25-14(28)27-12-4-2-1-3-11(12)26-13(23)24;16-14(17,18)8-5-9(15(19,20)21)7-10(6-8)23-13(25)24-12-4-2-1-3-11(12)22;1-11(2,3)17-9(15)13-8(19-7)14-10(16)18-12(4,5)6;1-4-7(5-2)6-3/h5-7,11-12H,1-4H2,(H4,23,24,26)(H2,25,27,28);5-7,11-12H,1-4,22H2,(H2,23,24,25);1-7H3,(H,13,14,15,16);4-6H2,1-3H3/t2*11-,12-;;/m11../s1. The van der Waals surface area contributed by atoms with Crippen molar-refractivity contribution >= 4 is 81.1 Å². The summed E-state index contributed by atoms with van der Waals surface area (Å²) in [4.78, 5) is 33.1. The molecule has 2 saturated carbocycles. The predicted octanol–water partition coefficient (Wildman–Crippen LogP) is 12.4. The number of alkyl carbamates (subject to hydrolysis) is 1. The van der Waals surface area contributed by atoms with E-state index in [1.54, 1.807) is 47.8 Å². The van der Waals surface area contributed by atoms with Crippen LogP contribution in [0.25, 0.3) is 0 Å². The number of hydrogen-bond donors (Lipinski definition) is 8. The molecule has 2 fully saturated rings. The summed E-state index contributed by atoms with van der Waals surface area (Å²) >= 11 is 11.2. The van der Waals surface area contributed by atoms with Gasteiger partial charge in [0, 0.05) is 23.5 Å². The van der Waals surface area contributed by atoms with E-state index < -0.39 is 76.0 Å². The second-order valence-corrected chi connectivity index (χ2v) is 21.3. The molecule has 2 aliphatic rings. The lowest BCUT2D eigenvalue weighted by molar-refractivity contribution is -0.144. The largest absolute Gasteiger partial charge is 0.444 e. The minimum absolute atomic E-state index is 0.0531. The van der Waals surface area contributed by atoms with Crippen LogP contribution in [0, 0.1) is 0 Å². The number of ether oxygens (including phenoxy) is 2. The van der Waals surface area contributed by atoms with E-state index in [1.165, 1.54) is 19.6 Å². The molecule has 2 aromatic rings. The van der Waals surface area contributed by atoms with Gasteiger partial charge in [0.1, 0.15) is 11.2 Å². The highest BCUT2D eigenvalue weighted by Gasteiger charge is 2.39. The van der Waals surface area contributed by atoms with Crippen molar-refractivity contribution in [2.45, 2.75) is 174 Å². The van der Waals surface area contributed by atoms with Crippen LogP contribution in [0.1, 0.15) is 136 Å². The number of nitrogens with one attached hydrogen (secondary N) is 5. The first-order valence-electron chi connectivity index (χ1n) is 24.8. The molecule has 0 bridgehead atoms. The second-order valence-electron chi connectivity index (χ2n) is 19.7. The summed E-state index contributed by atoms with van der Waals surface area (Å²) in [5.74, 6) is -0.106. The fourth-order valence-corrected chi connectivity index (χ4v) is 8.13. The number of anilines is 2. The first kappa shape index (κ1) is 71.9. The van der Waals surface area contributed by atoms with Crippen LogP contribution < -0.4 is 43.8 Å². The van der Waals surface area contributed by atoms with Crippen molar-refractivity contribution in [2.75, 3.05) is 36.5 Å². The molecule has 4 atom stereocenters. The fourth-order valence-electron chi connectivity index (χ4n) is 7.24. The lowest BCUT2D eigenvalue weighted by Crippen LogP contribution is -2.50. The molecule has 0 unspecified atom stereocenters. The quantitative estimate of drug-likeness (QED) is 0.0534. The van der Waals surface area contributed by atoms with Gasteiger partial charge in [-0.1, -0.05) is 58.2 Å². The van der Waals surface area contributed by atoms with Gasteiger partial charge in [0.15, 0.2) is 21.4 Å². The average Bonchev–Trinajstić information content (AvgIpc) is 3.28. The van der Waals surface area contributed by atoms with Crippen molar-refractivity contribution < 1.29 is 71.7 Å². The Bertz CT molecular complexity index is 2260. The van der Waals surface area contributed by atoms with Crippen molar-refractivity contribution in [1.82, 2.24) is 20.9 Å². The van der Waals surface area contributed by atoms with E-state index in [-0.39, 0.29) is 63.3 Å². The number of amidine groups is 1. The Morgan fingerprint density at radius 1 is 0.620 bits per heavy atom. The zero-order valence-corrected chi connectivity index (χ0v) is 48.0. The average molecular weight is 1200 g/mol. The highest BCUT2D eigenvalue weighted by molar-refractivity contribution is 8.13. The molecule has 0 saturated heterocycles. The monoisotopic (exact) mass is 1200 g/mol. The van der Waals surface area contributed by atoms with Crippen LogP contribution in [0.2, 0.25) is 0 Å². The topological polar surface area (TPSA) is 219 Å². The number of guanidine groups is 1. The summed E-state index contributed by atoms with van der Waals surface area (Å²) in [6, 6.07) is 1.52. The molecule has 2 amide bonds. The number of amides is 2. The van der Waals surface area contributed by atoms with Gasteiger partial charge in [-0.15, -0.1) is 0 Å². The van der Waals surface area contributed by atoms with Crippen molar-refractivity contribution in [1.29, 1.82) is 0 Å². The molecule has 0 aliphatic heterocycles. The molecule has 0 spiro atoms. The van der Waals surface area contributed by atoms with E-state index in [9.17, 15) is 62.3 Å². The third kappa shape index (κ3) is 29.8. The maximum atomic E-state index is 12.9. The molecule has 79 heavy (non-hydrogen) atoms. The number of carbonyl (C=O) groups is 2. The Hall–Kier alpha value is -5.07. The van der Waals surface area contributed by atoms with Crippen LogP contribution in [0.3, 0.4) is 0 Å². The van der Waals surface area contributed by atoms with E-state index in [0.717, 1.165) is 50.3 Å².